The molecule has 0 radical (unpaired) electrons. The molecular formula is C13H13N5O2. The van der Waals surface area contributed by atoms with Gasteiger partial charge in [0.2, 0.25) is 5.95 Å². The summed E-state index contributed by atoms with van der Waals surface area (Å²) in [6.45, 7) is 2.37. The van der Waals surface area contributed by atoms with Crippen molar-refractivity contribution in [3.8, 4) is 0 Å². The molecule has 0 amide bonds. The number of aromatic nitrogens is 4. The summed E-state index contributed by atoms with van der Waals surface area (Å²) in [6.07, 6.45) is 9.52. The molecule has 0 saturated carbocycles. The SMILES string of the molecule is O=C(O)/C=C/c1cnc(N2CCn3ccnc3C2)nc1. The first-order valence-electron chi connectivity index (χ1n) is 6.20. The molecule has 2 aromatic heterocycles. The summed E-state index contributed by atoms with van der Waals surface area (Å²) < 4.78 is 2.11. The number of aliphatic carboxylic acids is 1. The Morgan fingerprint density at radius 3 is 2.80 bits per heavy atom. The molecule has 0 fully saturated rings. The average Bonchev–Trinajstić information content (AvgIpc) is 2.93. The molecule has 3 heterocycles. The molecule has 0 saturated heterocycles. The summed E-state index contributed by atoms with van der Waals surface area (Å²) >= 11 is 0. The first kappa shape index (κ1) is 12.3. The van der Waals surface area contributed by atoms with Crippen molar-refractivity contribution in [1.82, 2.24) is 19.5 Å². The van der Waals surface area contributed by atoms with Gasteiger partial charge in [0.25, 0.3) is 0 Å². The number of anilines is 1. The van der Waals surface area contributed by atoms with Crippen molar-refractivity contribution in [2.45, 2.75) is 13.1 Å². The first-order chi connectivity index (χ1) is 9.72. The Labute approximate surface area is 115 Å². The molecule has 102 valence electrons. The smallest absolute Gasteiger partial charge is 0.328 e. The molecule has 2 aromatic rings. The second-order valence-corrected chi connectivity index (χ2v) is 4.45. The third-order valence-corrected chi connectivity index (χ3v) is 3.10. The second kappa shape index (κ2) is 5.12. The molecule has 1 aliphatic rings. The number of imidazole rings is 1. The van der Waals surface area contributed by atoms with Gasteiger partial charge in [-0.1, -0.05) is 0 Å². The van der Waals surface area contributed by atoms with Gasteiger partial charge in [-0.05, 0) is 6.08 Å². The fourth-order valence-electron chi connectivity index (χ4n) is 2.09. The highest BCUT2D eigenvalue weighted by Crippen LogP contribution is 2.16. The Kier molecular flexibility index (Phi) is 3.16. The highest BCUT2D eigenvalue weighted by atomic mass is 16.4. The van der Waals surface area contributed by atoms with Crippen LogP contribution in [0.2, 0.25) is 0 Å². The van der Waals surface area contributed by atoms with Gasteiger partial charge in [-0.3, -0.25) is 0 Å². The number of rotatable bonds is 3. The molecule has 0 bridgehead atoms. The normalized spacial score (nSPS) is 14.5. The maximum absolute atomic E-state index is 10.4. The van der Waals surface area contributed by atoms with Crippen molar-refractivity contribution in [2.24, 2.45) is 0 Å². The lowest BCUT2D eigenvalue weighted by molar-refractivity contribution is -0.131. The van der Waals surface area contributed by atoms with Gasteiger partial charge in [0, 0.05) is 49.5 Å². The minimum absolute atomic E-state index is 0.631. The van der Waals surface area contributed by atoms with Crippen LogP contribution in [0.15, 0.2) is 30.9 Å². The largest absolute Gasteiger partial charge is 0.478 e. The van der Waals surface area contributed by atoms with Gasteiger partial charge in [-0.25, -0.2) is 19.7 Å². The molecule has 0 aromatic carbocycles. The van der Waals surface area contributed by atoms with Crippen molar-refractivity contribution in [2.75, 3.05) is 11.4 Å². The Balaban J connectivity index is 1.74. The molecule has 7 nitrogen and oxygen atoms in total. The summed E-state index contributed by atoms with van der Waals surface area (Å²) in [4.78, 5) is 25.3. The molecule has 0 atom stereocenters. The first-order valence-corrected chi connectivity index (χ1v) is 6.20. The van der Waals surface area contributed by atoms with Crippen LogP contribution < -0.4 is 4.90 Å². The van der Waals surface area contributed by atoms with Crippen molar-refractivity contribution in [1.29, 1.82) is 0 Å². The Bertz CT molecular complexity index is 647. The van der Waals surface area contributed by atoms with Crippen LogP contribution in [-0.4, -0.2) is 37.1 Å². The van der Waals surface area contributed by atoms with E-state index in [1.165, 1.54) is 6.08 Å². The lowest BCUT2D eigenvalue weighted by Gasteiger charge is -2.27. The van der Waals surface area contributed by atoms with Crippen LogP contribution in [0.25, 0.3) is 6.08 Å². The van der Waals surface area contributed by atoms with Crippen molar-refractivity contribution < 1.29 is 9.90 Å². The van der Waals surface area contributed by atoms with Crippen LogP contribution >= 0.6 is 0 Å². The maximum atomic E-state index is 10.4. The minimum Gasteiger partial charge on any atom is -0.478 e. The van der Waals surface area contributed by atoms with E-state index < -0.39 is 5.97 Å². The predicted molar refractivity (Wildman–Crippen MR) is 72.0 cm³/mol. The quantitative estimate of drug-likeness (QED) is 0.831. The highest BCUT2D eigenvalue weighted by Gasteiger charge is 2.18. The molecule has 0 aliphatic carbocycles. The van der Waals surface area contributed by atoms with Crippen LogP contribution in [0.5, 0.6) is 0 Å². The number of carboxylic acid groups (broad SMARTS) is 1. The van der Waals surface area contributed by atoms with Crippen molar-refractivity contribution in [3.05, 3.63) is 42.3 Å². The molecular weight excluding hydrogens is 258 g/mol. The van der Waals surface area contributed by atoms with E-state index in [0.29, 0.717) is 18.1 Å². The van der Waals surface area contributed by atoms with E-state index in [0.717, 1.165) is 25.0 Å². The number of carboxylic acids is 1. The van der Waals surface area contributed by atoms with Gasteiger partial charge in [0.1, 0.15) is 5.82 Å². The summed E-state index contributed by atoms with van der Waals surface area (Å²) in [5.74, 6) is 0.637. The lowest BCUT2D eigenvalue weighted by Crippen LogP contribution is -2.34. The summed E-state index contributed by atoms with van der Waals surface area (Å²) in [5.41, 5.74) is 0.662. The van der Waals surface area contributed by atoms with Crippen molar-refractivity contribution in [3.63, 3.8) is 0 Å². The van der Waals surface area contributed by atoms with E-state index in [4.69, 9.17) is 5.11 Å². The molecule has 7 heteroatoms. The summed E-state index contributed by atoms with van der Waals surface area (Å²) in [5, 5.41) is 8.56. The topological polar surface area (TPSA) is 84.1 Å². The predicted octanol–water partition coefficient (Wildman–Crippen LogP) is 0.791. The summed E-state index contributed by atoms with van der Waals surface area (Å²) in [7, 11) is 0. The van der Waals surface area contributed by atoms with Crippen LogP contribution in [-0.2, 0) is 17.9 Å². The highest BCUT2D eigenvalue weighted by molar-refractivity contribution is 5.85. The molecule has 1 N–H and O–H groups in total. The van der Waals surface area contributed by atoms with Gasteiger partial charge < -0.3 is 14.6 Å². The van der Waals surface area contributed by atoms with Gasteiger partial charge in [0.15, 0.2) is 0 Å². The van der Waals surface area contributed by atoms with E-state index in [9.17, 15) is 4.79 Å². The van der Waals surface area contributed by atoms with Gasteiger partial charge in [0.05, 0.1) is 6.54 Å². The van der Waals surface area contributed by atoms with Gasteiger partial charge in [-0.15, -0.1) is 0 Å². The molecule has 0 spiro atoms. The number of nitrogens with zero attached hydrogens (tertiary/aromatic N) is 5. The lowest BCUT2D eigenvalue weighted by atomic mass is 10.3. The third-order valence-electron chi connectivity index (χ3n) is 3.10. The Hall–Kier alpha value is -2.70. The van der Waals surface area contributed by atoms with Crippen molar-refractivity contribution >= 4 is 18.0 Å². The van der Waals surface area contributed by atoms with E-state index in [1.54, 1.807) is 18.6 Å². The number of fused-ring (bicyclic) bond motifs is 1. The molecule has 3 rings (SSSR count). The fourth-order valence-corrected chi connectivity index (χ4v) is 2.09. The zero-order valence-electron chi connectivity index (χ0n) is 10.7. The van der Waals surface area contributed by atoms with E-state index in [1.807, 2.05) is 11.1 Å². The molecule has 1 aliphatic heterocycles. The van der Waals surface area contributed by atoms with Crippen LogP contribution in [0.1, 0.15) is 11.4 Å². The van der Waals surface area contributed by atoms with Gasteiger partial charge >= 0.3 is 5.97 Å². The Morgan fingerprint density at radius 2 is 2.05 bits per heavy atom. The van der Waals surface area contributed by atoms with E-state index in [2.05, 4.69) is 19.5 Å². The van der Waals surface area contributed by atoms with E-state index >= 15 is 0 Å². The van der Waals surface area contributed by atoms with Crippen LogP contribution in [0.4, 0.5) is 5.95 Å². The van der Waals surface area contributed by atoms with Crippen LogP contribution in [0, 0.1) is 0 Å². The number of carbonyl (C=O) groups is 1. The monoisotopic (exact) mass is 271 g/mol. The average molecular weight is 271 g/mol. The standard InChI is InChI=1S/C13H13N5O2/c19-12(20)2-1-10-7-15-13(16-8-10)18-6-5-17-4-3-14-11(17)9-18/h1-4,7-8H,5-6,9H2,(H,19,20)/b2-1+. The third kappa shape index (κ3) is 2.51. The number of hydrogen-bond donors (Lipinski definition) is 1. The molecule has 0 unspecified atom stereocenters. The minimum atomic E-state index is -0.989. The van der Waals surface area contributed by atoms with Gasteiger partial charge in [-0.2, -0.15) is 0 Å². The van der Waals surface area contributed by atoms with E-state index in [-0.39, 0.29) is 0 Å². The summed E-state index contributed by atoms with van der Waals surface area (Å²) in [6, 6.07) is 0. The zero-order chi connectivity index (χ0) is 13.9. The van der Waals surface area contributed by atoms with Crippen LogP contribution in [0.3, 0.4) is 0 Å². The fraction of sp³-hybridized carbons (Fsp3) is 0.231. The zero-order valence-corrected chi connectivity index (χ0v) is 10.7. The molecule has 20 heavy (non-hydrogen) atoms. The Morgan fingerprint density at radius 1 is 1.25 bits per heavy atom. The number of hydrogen-bond acceptors (Lipinski definition) is 5. The second-order valence-electron chi connectivity index (χ2n) is 4.45. The maximum Gasteiger partial charge on any atom is 0.328 e.